The summed E-state index contributed by atoms with van der Waals surface area (Å²) in [5, 5.41) is 10.8. The van der Waals surface area contributed by atoms with E-state index in [1.165, 1.54) is 25.3 Å². The van der Waals surface area contributed by atoms with Crippen LogP contribution in [0.15, 0.2) is 29.2 Å². The Morgan fingerprint density at radius 2 is 1.94 bits per heavy atom. The van der Waals surface area contributed by atoms with Crippen molar-refractivity contribution < 1.29 is 28.8 Å². The summed E-state index contributed by atoms with van der Waals surface area (Å²) < 4.78 is 12.4. The molecule has 0 spiro atoms. The molecule has 2 saturated heterocycles. The van der Waals surface area contributed by atoms with Crippen molar-refractivity contribution in [1.29, 1.82) is 0 Å². The first-order chi connectivity index (χ1) is 16.7. The van der Waals surface area contributed by atoms with Gasteiger partial charge < -0.3 is 18.9 Å². The van der Waals surface area contributed by atoms with Crippen LogP contribution in [-0.4, -0.2) is 76.3 Å². The average Bonchev–Trinajstić information content (AvgIpc) is 3.27. The monoisotopic (exact) mass is 500 g/mol. The van der Waals surface area contributed by atoms with Gasteiger partial charge in [0.2, 0.25) is 5.91 Å². The average molecular weight is 501 g/mol. The third-order valence-corrected chi connectivity index (χ3v) is 6.81. The number of rotatable bonds is 6. The van der Waals surface area contributed by atoms with Crippen LogP contribution in [0.2, 0.25) is 0 Å². The lowest BCUT2D eigenvalue weighted by atomic mass is 10.2. The number of nitro groups is 1. The van der Waals surface area contributed by atoms with Crippen molar-refractivity contribution in [3.8, 4) is 11.4 Å². The lowest BCUT2D eigenvalue weighted by Crippen LogP contribution is -2.46. The minimum Gasteiger partial charge on any atom is -0.495 e. The molecule has 12 heteroatoms. The standard InChI is InChI=1S/C23H24N4O7S/c1-14-10-16(15(2)26(14)18-12-17(27(31)32)4-5-19(18)33-3)11-20-22(29)25(23(30)35-20)13-21(28)24-6-8-34-9-7-24/h4-5,10-12H,6-9,13H2,1-3H3/b20-11+. The molecule has 2 aliphatic rings. The number of morpholine rings is 1. The number of carbonyl (C=O) groups excluding carboxylic acids is 3. The van der Waals surface area contributed by atoms with Crippen molar-refractivity contribution in [2.75, 3.05) is 40.0 Å². The van der Waals surface area contributed by atoms with Gasteiger partial charge in [-0.05, 0) is 49.4 Å². The Hall–Kier alpha value is -3.64. The Morgan fingerprint density at radius 3 is 2.60 bits per heavy atom. The fourth-order valence-corrected chi connectivity index (χ4v) is 4.93. The number of methoxy groups -OCH3 is 1. The predicted molar refractivity (Wildman–Crippen MR) is 129 cm³/mol. The fourth-order valence-electron chi connectivity index (χ4n) is 4.10. The van der Waals surface area contributed by atoms with Gasteiger partial charge in [0.15, 0.2) is 0 Å². The second-order valence-electron chi connectivity index (χ2n) is 8.04. The normalized spacial score (nSPS) is 17.4. The van der Waals surface area contributed by atoms with Crippen molar-refractivity contribution in [3.63, 3.8) is 0 Å². The Kier molecular flexibility index (Phi) is 6.94. The van der Waals surface area contributed by atoms with E-state index < -0.39 is 16.1 Å². The van der Waals surface area contributed by atoms with Gasteiger partial charge in [-0.3, -0.25) is 29.4 Å². The maximum Gasteiger partial charge on any atom is 0.294 e. The van der Waals surface area contributed by atoms with Gasteiger partial charge in [0, 0.05) is 36.6 Å². The summed E-state index contributed by atoms with van der Waals surface area (Å²) in [5.41, 5.74) is 2.54. The molecule has 0 atom stereocenters. The van der Waals surface area contributed by atoms with Crippen molar-refractivity contribution in [2.45, 2.75) is 13.8 Å². The van der Waals surface area contributed by atoms with Gasteiger partial charge in [0.1, 0.15) is 12.3 Å². The highest BCUT2D eigenvalue weighted by atomic mass is 32.2. The predicted octanol–water partition coefficient (Wildman–Crippen LogP) is 2.91. The van der Waals surface area contributed by atoms with E-state index in [0.29, 0.717) is 49.0 Å². The molecular weight excluding hydrogens is 476 g/mol. The van der Waals surface area contributed by atoms with Crippen LogP contribution >= 0.6 is 11.8 Å². The van der Waals surface area contributed by atoms with Gasteiger partial charge in [-0.25, -0.2) is 0 Å². The van der Waals surface area contributed by atoms with Crippen LogP contribution in [0.25, 0.3) is 11.8 Å². The summed E-state index contributed by atoms with van der Waals surface area (Å²) in [5.74, 6) is -0.377. The highest BCUT2D eigenvalue weighted by molar-refractivity contribution is 8.18. The zero-order valence-electron chi connectivity index (χ0n) is 19.5. The first-order valence-electron chi connectivity index (χ1n) is 10.8. The lowest BCUT2D eigenvalue weighted by molar-refractivity contribution is -0.384. The topological polar surface area (TPSA) is 124 Å². The fraction of sp³-hybridized carbons (Fsp3) is 0.348. The lowest BCUT2D eigenvalue weighted by Gasteiger charge is -2.28. The number of aryl methyl sites for hydroxylation is 1. The van der Waals surface area contributed by atoms with Gasteiger partial charge in [-0.15, -0.1) is 0 Å². The number of nitrogens with zero attached hydrogens (tertiary/aromatic N) is 4. The van der Waals surface area contributed by atoms with Gasteiger partial charge in [-0.1, -0.05) is 0 Å². The highest BCUT2D eigenvalue weighted by Gasteiger charge is 2.37. The van der Waals surface area contributed by atoms with Crippen molar-refractivity contribution in [2.24, 2.45) is 0 Å². The first-order valence-corrected chi connectivity index (χ1v) is 11.7. The zero-order chi connectivity index (χ0) is 25.3. The SMILES string of the molecule is COc1ccc([N+](=O)[O-])cc1-n1c(C)cc(/C=C2/SC(=O)N(CC(=O)N3CCOCC3)C2=O)c1C. The molecule has 1 aromatic heterocycles. The third-order valence-electron chi connectivity index (χ3n) is 5.90. The Morgan fingerprint density at radius 1 is 1.23 bits per heavy atom. The molecule has 3 amide bonds. The van der Waals surface area contributed by atoms with Gasteiger partial charge in [0.05, 0.1) is 35.8 Å². The summed E-state index contributed by atoms with van der Waals surface area (Å²) in [7, 11) is 1.48. The van der Waals surface area contributed by atoms with E-state index >= 15 is 0 Å². The van der Waals surface area contributed by atoms with Crippen LogP contribution in [-0.2, 0) is 14.3 Å². The van der Waals surface area contributed by atoms with E-state index in [9.17, 15) is 24.5 Å². The Bertz CT molecular complexity index is 1250. The van der Waals surface area contributed by atoms with Crippen LogP contribution in [0, 0.1) is 24.0 Å². The maximum absolute atomic E-state index is 13.0. The molecule has 0 aliphatic carbocycles. The summed E-state index contributed by atoms with van der Waals surface area (Å²) in [6.07, 6.45) is 1.60. The molecule has 0 saturated carbocycles. The minimum atomic E-state index is -0.528. The summed E-state index contributed by atoms with van der Waals surface area (Å²) in [4.78, 5) is 51.6. The van der Waals surface area contributed by atoms with Crippen molar-refractivity contribution in [3.05, 3.63) is 56.2 Å². The van der Waals surface area contributed by atoms with E-state index in [1.54, 1.807) is 15.5 Å². The second kappa shape index (κ2) is 9.92. The summed E-state index contributed by atoms with van der Waals surface area (Å²) in [6.45, 7) is 5.04. The van der Waals surface area contributed by atoms with Gasteiger partial charge >= 0.3 is 0 Å². The molecule has 35 heavy (non-hydrogen) atoms. The molecule has 0 radical (unpaired) electrons. The quantitative estimate of drug-likeness (QED) is 0.337. The number of hydrogen-bond donors (Lipinski definition) is 0. The van der Waals surface area contributed by atoms with Crippen LogP contribution in [0.5, 0.6) is 5.75 Å². The number of amides is 3. The highest BCUT2D eigenvalue weighted by Crippen LogP contribution is 2.35. The summed E-state index contributed by atoms with van der Waals surface area (Å²) >= 11 is 0.779. The summed E-state index contributed by atoms with van der Waals surface area (Å²) in [6, 6.07) is 6.14. The van der Waals surface area contributed by atoms with Crippen LogP contribution < -0.4 is 4.74 Å². The second-order valence-corrected chi connectivity index (χ2v) is 9.03. The molecule has 184 valence electrons. The largest absolute Gasteiger partial charge is 0.495 e. The number of carbonyl (C=O) groups is 3. The number of aromatic nitrogens is 1. The van der Waals surface area contributed by atoms with E-state index in [1.807, 2.05) is 19.9 Å². The molecule has 0 unspecified atom stereocenters. The Labute approximate surface area is 205 Å². The molecule has 11 nitrogen and oxygen atoms in total. The molecule has 1 aromatic carbocycles. The minimum absolute atomic E-state index is 0.0825. The third kappa shape index (κ3) is 4.80. The molecule has 2 fully saturated rings. The molecule has 0 N–H and O–H groups in total. The van der Waals surface area contributed by atoms with Crippen LogP contribution in [0.3, 0.4) is 0 Å². The van der Waals surface area contributed by atoms with E-state index in [-0.39, 0.29) is 23.0 Å². The van der Waals surface area contributed by atoms with E-state index in [0.717, 1.165) is 22.4 Å². The number of hydrogen-bond acceptors (Lipinski definition) is 8. The molecule has 0 bridgehead atoms. The van der Waals surface area contributed by atoms with Crippen LogP contribution in [0.4, 0.5) is 10.5 Å². The number of thioether (sulfide) groups is 1. The van der Waals surface area contributed by atoms with Gasteiger partial charge in [0.25, 0.3) is 16.8 Å². The molecule has 2 aromatic rings. The van der Waals surface area contributed by atoms with Crippen LogP contribution in [0.1, 0.15) is 17.0 Å². The number of benzene rings is 1. The number of non-ortho nitro benzene ring substituents is 1. The van der Waals surface area contributed by atoms with E-state index in [2.05, 4.69) is 0 Å². The van der Waals surface area contributed by atoms with Crippen molar-refractivity contribution in [1.82, 2.24) is 14.4 Å². The number of imide groups is 1. The zero-order valence-corrected chi connectivity index (χ0v) is 20.3. The van der Waals surface area contributed by atoms with E-state index in [4.69, 9.17) is 9.47 Å². The molecular formula is C23H24N4O7S. The Balaban J connectivity index is 1.62. The number of nitro benzene ring substituents is 1. The molecule has 4 rings (SSSR count). The molecule has 3 heterocycles. The van der Waals surface area contributed by atoms with Crippen molar-refractivity contribution >= 4 is 40.6 Å². The maximum atomic E-state index is 13.0. The smallest absolute Gasteiger partial charge is 0.294 e. The number of ether oxygens (including phenoxy) is 2. The van der Waals surface area contributed by atoms with Gasteiger partial charge in [-0.2, -0.15) is 0 Å². The molecule has 2 aliphatic heterocycles. The first kappa shape index (κ1) is 24.5.